The van der Waals surface area contributed by atoms with E-state index in [1.54, 1.807) is 33.5 Å². The molecular weight excluding hydrogens is 248 g/mol. The van der Waals surface area contributed by atoms with Crippen LogP contribution in [0.5, 0.6) is 17.2 Å². The molecule has 6 heteroatoms. The van der Waals surface area contributed by atoms with Crippen LogP contribution in [0.2, 0.25) is 0 Å². The van der Waals surface area contributed by atoms with Crippen molar-refractivity contribution in [2.24, 2.45) is 0 Å². The summed E-state index contributed by atoms with van der Waals surface area (Å²) in [5.41, 5.74) is 1.87. The van der Waals surface area contributed by atoms with E-state index >= 15 is 0 Å². The number of aromatic amines is 2. The van der Waals surface area contributed by atoms with Gasteiger partial charge in [0.05, 0.1) is 27.0 Å². The number of rotatable bonds is 4. The molecule has 6 nitrogen and oxygen atoms in total. The van der Waals surface area contributed by atoms with Gasteiger partial charge in [-0.15, -0.1) is 0 Å². The van der Waals surface area contributed by atoms with Crippen LogP contribution in [-0.4, -0.2) is 31.3 Å². The van der Waals surface area contributed by atoms with Crippen molar-refractivity contribution in [2.45, 2.75) is 6.92 Å². The number of methoxy groups -OCH3 is 3. The van der Waals surface area contributed by atoms with Crippen molar-refractivity contribution in [3.8, 4) is 28.5 Å². The molecule has 0 fully saturated rings. The average Bonchev–Trinajstić information content (AvgIpc) is 2.75. The number of hydrogen-bond donors (Lipinski definition) is 2. The Morgan fingerprint density at radius 2 is 1.47 bits per heavy atom. The van der Waals surface area contributed by atoms with Crippen LogP contribution >= 0.6 is 0 Å². The fourth-order valence-corrected chi connectivity index (χ4v) is 1.97. The highest BCUT2D eigenvalue weighted by atomic mass is 16.5. The van der Waals surface area contributed by atoms with Gasteiger partial charge < -0.3 is 24.2 Å². The van der Waals surface area contributed by atoms with Crippen molar-refractivity contribution in [3.05, 3.63) is 28.3 Å². The molecule has 102 valence electrons. The highest BCUT2D eigenvalue weighted by Gasteiger charge is 2.16. The van der Waals surface area contributed by atoms with Gasteiger partial charge in [-0.25, -0.2) is 4.79 Å². The van der Waals surface area contributed by atoms with Crippen molar-refractivity contribution in [1.82, 2.24) is 9.97 Å². The van der Waals surface area contributed by atoms with Crippen LogP contribution < -0.4 is 19.9 Å². The Bertz CT molecular complexity index is 643. The number of ether oxygens (including phenoxy) is 3. The minimum absolute atomic E-state index is 0.260. The molecule has 0 aliphatic carbocycles. The Labute approximate surface area is 110 Å². The predicted molar refractivity (Wildman–Crippen MR) is 71.2 cm³/mol. The molecule has 19 heavy (non-hydrogen) atoms. The largest absolute Gasteiger partial charge is 0.496 e. The van der Waals surface area contributed by atoms with Gasteiger partial charge in [-0.05, 0) is 13.0 Å². The first-order valence-electron chi connectivity index (χ1n) is 5.70. The summed E-state index contributed by atoms with van der Waals surface area (Å²) in [7, 11) is 4.67. The van der Waals surface area contributed by atoms with Crippen molar-refractivity contribution >= 4 is 0 Å². The molecule has 0 amide bonds. The normalized spacial score (nSPS) is 10.3. The third kappa shape index (κ3) is 2.29. The predicted octanol–water partition coefficient (Wildman–Crippen LogP) is 1.70. The molecule has 1 aromatic heterocycles. The molecule has 0 aliphatic rings. The van der Waals surface area contributed by atoms with Gasteiger partial charge in [0.15, 0.2) is 11.5 Å². The second-order valence-corrected chi connectivity index (χ2v) is 3.99. The minimum atomic E-state index is -0.260. The summed E-state index contributed by atoms with van der Waals surface area (Å²) in [6.07, 6.45) is 0. The highest BCUT2D eigenvalue weighted by molar-refractivity contribution is 5.73. The quantitative estimate of drug-likeness (QED) is 0.881. The second kappa shape index (κ2) is 5.09. The van der Waals surface area contributed by atoms with Gasteiger partial charge in [0.2, 0.25) is 0 Å². The number of imidazole rings is 1. The first-order chi connectivity index (χ1) is 9.10. The first-order valence-corrected chi connectivity index (χ1v) is 5.70. The van der Waals surface area contributed by atoms with Crippen LogP contribution in [0.1, 0.15) is 5.69 Å². The van der Waals surface area contributed by atoms with E-state index in [9.17, 15) is 4.79 Å². The van der Waals surface area contributed by atoms with E-state index in [1.165, 1.54) is 0 Å². The Balaban J connectivity index is 2.68. The molecule has 0 atom stereocenters. The van der Waals surface area contributed by atoms with E-state index in [-0.39, 0.29) is 5.69 Å². The Hall–Kier alpha value is -2.37. The van der Waals surface area contributed by atoms with Gasteiger partial charge in [0, 0.05) is 17.3 Å². The lowest BCUT2D eigenvalue weighted by Crippen LogP contribution is -2.00. The first kappa shape index (κ1) is 13.1. The zero-order valence-corrected chi connectivity index (χ0v) is 11.3. The van der Waals surface area contributed by atoms with Crippen molar-refractivity contribution < 1.29 is 14.2 Å². The summed E-state index contributed by atoms with van der Waals surface area (Å²) in [6.45, 7) is 1.81. The fraction of sp³-hybridized carbons (Fsp3) is 0.308. The molecule has 0 radical (unpaired) electrons. The number of H-pyrrole nitrogens is 2. The Kier molecular flexibility index (Phi) is 3.50. The summed E-state index contributed by atoms with van der Waals surface area (Å²) in [4.78, 5) is 16.8. The summed E-state index contributed by atoms with van der Waals surface area (Å²) in [5, 5.41) is 0. The van der Waals surface area contributed by atoms with Gasteiger partial charge in [0.1, 0.15) is 5.75 Å². The maximum atomic E-state index is 11.4. The maximum absolute atomic E-state index is 11.4. The third-order valence-electron chi connectivity index (χ3n) is 2.89. The third-order valence-corrected chi connectivity index (χ3v) is 2.89. The summed E-state index contributed by atoms with van der Waals surface area (Å²) < 4.78 is 15.8. The highest BCUT2D eigenvalue weighted by Crippen LogP contribution is 2.39. The molecule has 0 spiro atoms. The second-order valence-electron chi connectivity index (χ2n) is 3.99. The lowest BCUT2D eigenvalue weighted by atomic mass is 10.1. The van der Waals surface area contributed by atoms with E-state index in [0.29, 0.717) is 22.9 Å². The Morgan fingerprint density at radius 1 is 0.895 bits per heavy atom. The molecular formula is C13H16N2O4. The smallest absolute Gasteiger partial charge is 0.323 e. The molecule has 2 N–H and O–H groups in total. The van der Waals surface area contributed by atoms with Gasteiger partial charge in [-0.1, -0.05) is 0 Å². The van der Waals surface area contributed by atoms with E-state index in [2.05, 4.69) is 9.97 Å². The SMILES string of the molecule is COc1cc(OC)c(-c2[nH]c(=O)[nH]c2C)cc1OC. The van der Waals surface area contributed by atoms with Gasteiger partial charge in [-0.2, -0.15) is 0 Å². The Morgan fingerprint density at radius 3 is 1.95 bits per heavy atom. The van der Waals surface area contributed by atoms with Crippen LogP contribution in [-0.2, 0) is 0 Å². The van der Waals surface area contributed by atoms with Crippen molar-refractivity contribution in [2.75, 3.05) is 21.3 Å². The van der Waals surface area contributed by atoms with Gasteiger partial charge >= 0.3 is 5.69 Å². The van der Waals surface area contributed by atoms with E-state index < -0.39 is 0 Å². The molecule has 2 rings (SSSR count). The summed E-state index contributed by atoms with van der Waals surface area (Å²) >= 11 is 0. The van der Waals surface area contributed by atoms with Crippen molar-refractivity contribution in [1.29, 1.82) is 0 Å². The minimum Gasteiger partial charge on any atom is -0.496 e. The van der Waals surface area contributed by atoms with Crippen LogP contribution in [0.4, 0.5) is 0 Å². The van der Waals surface area contributed by atoms with Crippen molar-refractivity contribution in [3.63, 3.8) is 0 Å². The molecule has 0 saturated carbocycles. The molecule has 2 aromatic rings. The molecule has 0 saturated heterocycles. The van der Waals surface area contributed by atoms with Crippen LogP contribution in [0, 0.1) is 6.92 Å². The molecule has 1 aromatic carbocycles. The maximum Gasteiger partial charge on any atom is 0.323 e. The molecule has 1 heterocycles. The lowest BCUT2D eigenvalue weighted by molar-refractivity contribution is 0.349. The topological polar surface area (TPSA) is 76.3 Å². The van der Waals surface area contributed by atoms with E-state index in [1.807, 2.05) is 6.92 Å². The van der Waals surface area contributed by atoms with Crippen LogP contribution in [0.3, 0.4) is 0 Å². The van der Waals surface area contributed by atoms with E-state index in [0.717, 1.165) is 11.3 Å². The zero-order valence-electron chi connectivity index (χ0n) is 11.3. The number of hydrogen-bond acceptors (Lipinski definition) is 4. The van der Waals surface area contributed by atoms with E-state index in [4.69, 9.17) is 14.2 Å². The monoisotopic (exact) mass is 264 g/mol. The zero-order chi connectivity index (χ0) is 14.0. The lowest BCUT2D eigenvalue weighted by Gasteiger charge is -2.13. The average molecular weight is 264 g/mol. The number of aryl methyl sites for hydroxylation is 1. The van der Waals surface area contributed by atoms with Crippen LogP contribution in [0.15, 0.2) is 16.9 Å². The number of benzene rings is 1. The number of nitrogens with one attached hydrogen (secondary N) is 2. The molecule has 0 aliphatic heterocycles. The number of aromatic nitrogens is 2. The molecule has 0 bridgehead atoms. The molecule has 0 unspecified atom stereocenters. The van der Waals surface area contributed by atoms with Gasteiger partial charge in [0.25, 0.3) is 0 Å². The van der Waals surface area contributed by atoms with Crippen LogP contribution in [0.25, 0.3) is 11.3 Å². The standard InChI is InChI=1S/C13H16N2O4/c1-7-12(15-13(16)14-7)8-5-10(18-3)11(19-4)6-9(8)17-2/h5-6H,1-4H3,(H2,14,15,16). The van der Waals surface area contributed by atoms with Gasteiger partial charge in [-0.3, -0.25) is 0 Å². The fourth-order valence-electron chi connectivity index (χ4n) is 1.97. The summed E-state index contributed by atoms with van der Waals surface area (Å²) in [6, 6.07) is 3.49. The summed E-state index contributed by atoms with van der Waals surface area (Å²) in [5.74, 6) is 1.73.